The maximum Gasteiger partial charge on any atom is 0.331 e. The van der Waals surface area contributed by atoms with Crippen molar-refractivity contribution in [2.45, 2.75) is 0 Å². The van der Waals surface area contributed by atoms with E-state index in [1.54, 1.807) is 7.11 Å². The lowest BCUT2D eigenvalue weighted by atomic mass is 10.3. The summed E-state index contributed by atoms with van der Waals surface area (Å²) in [7, 11) is 2.92. The van der Waals surface area contributed by atoms with Gasteiger partial charge in [0.15, 0.2) is 0 Å². The molecule has 0 atom stereocenters. The largest absolute Gasteiger partial charge is 0.495 e. The fourth-order valence-corrected chi connectivity index (χ4v) is 1.43. The Morgan fingerprint density at radius 2 is 2.19 bits per heavy atom. The summed E-state index contributed by atoms with van der Waals surface area (Å²) in [5, 5.41) is 2.93. The molecular formula is C11H12BrNO3. The highest BCUT2D eigenvalue weighted by Crippen LogP contribution is 2.27. The van der Waals surface area contributed by atoms with E-state index in [0.29, 0.717) is 0 Å². The van der Waals surface area contributed by atoms with Crippen LogP contribution in [0.1, 0.15) is 0 Å². The molecule has 0 spiro atoms. The number of anilines is 1. The number of hydrogen-bond donors (Lipinski definition) is 1. The van der Waals surface area contributed by atoms with Gasteiger partial charge in [0.1, 0.15) is 5.75 Å². The van der Waals surface area contributed by atoms with E-state index in [0.717, 1.165) is 15.9 Å². The Labute approximate surface area is 102 Å². The molecule has 0 bridgehead atoms. The second-order valence-corrected chi connectivity index (χ2v) is 3.70. The number of hydrogen-bond acceptors (Lipinski definition) is 4. The predicted molar refractivity (Wildman–Crippen MR) is 65.5 cm³/mol. The van der Waals surface area contributed by atoms with E-state index >= 15 is 0 Å². The van der Waals surface area contributed by atoms with E-state index in [-0.39, 0.29) is 0 Å². The molecule has 0 aliphatic heterocycles. The fraction of sp³-hybridized carbons (Fsp3) is 0.182. The summed E-state index contributed by atoms with van der Waals surface area (Å²) in [6.45, 7) is 0. The maximum atomic E-state index is 10.8. The SMILES string of the molecule is COC(=O)/C=C/Nc1ccc(Br)c(OC)c1. The summed E-state index contributed by atoms with van der Waals surface area (Å²) in [4.78, 5) is 10.8. The van der Waals surface area contributed by atoms with Crippen LogP contribution >= 0.6 is 15.9 Å². The Morgan fingerprint density at radius 3 is 2.81 bits per heavy atom. The first-order valence-electron chi connectivity index (χ1n) is 4.52. The Hall–Kier alpha value is -1.49. The molecule has 0 amide bonds. The highest BCUT2D eigenvalue weighted by atomic mass is 79.9. The summed E-state index contributed by atoms with van der Waals surface area (Å²) in [5.74, 6) is 0.313. The average molecular weight is 286 g/mol. The number of rotatable bonds is 4. The third-order valence-corrected chi connectivity index (χ3v) is 2.48. The first-order chi connectivity index (χ1) is 7.67. The zero-order valence-electron chi connectivity index (χ0n) is 8.99. The van der Waals surface area contributed by atoms with Gasteiger partial charge in [0.05, 0.1) is 18.7 Å². The minimum atomic E-state index is -0.406. The summed E-state index contributed by atoms with van der Waals surface area (Å²) < 4.78 is 10.5. The molecule has 0 aromatic heterocycles. The number of carbonyl (C=O) groups excluding carboxylic acids is 1. The van der Waals surface area contributed by atoms with Gasteiger partial charge in [-0.1, -0.05) is 0 Å². The van der Waals surface area contributed by atoms with Crippen molar-refractivity contribution in [1.29, 1.82) is 0 Å². The third-order valence-electron chi connectivity index (χ3n) is 1.82. The summed E-state index contributed by atoms with van der Waals surface area (Å²) >= 11 is 3.35. The molecule has 0 heterocycles. The molecule has 0 aliphatic carbocycles. The average Bonchev–Trinajstić information content (AvgIpc) is 2.31. The smallest absolute Gasteiger partial charge is 0.331 e. The normalized spacial score (nSPS) is 10.2. The molecule has 1 rings (SSSR count). The number of benzene rings is 1. The number of esters is 1. The maximum absolute atomic E-state index is 10.8. The molecule has 0 unspecified atom stereocenters. The Bertz CT molecular complexity index is 404. The van der Waals surface area contributed by atoms with E-state index in [9.17, 15) is 4.79 Å². The lowest BCUT2D eigenvalue weighted by Crippen LogP contribution is -1.96. The zero-order chi connectivity index (χ0) is 12.0. The van der Waals surface area contributed by atoms with Crippen LogP contribution in [-0.4, -0.2) is 20.2 Å². The first kappa shape index (κ1) is 12.6. The predicted octanol–water partition coefficient (Wildman–Crippen LogP) is 2.56. The van der Waals surface area contributed by atoms with Gasteiger partial charge in [0.25, 0.3) is 0 Å². The minimum Gasteiger partial charge on any atom is -0.495 e. The van der Waals surface area contributed by atoms with Crippen LogP contribution in [0.25, 0.3) is 0 Å². The van der Waals surface area contributed by atoms with Crippen molar-refractivity contribution in [2.75, 3.05) is 19.5 Å². The number of ether oxygens (including phenoxy) is 2. The van der Waals surface area contributed by atoms with Crippen LogP contribution in [0.3, 0.4) is 0 Å². The van der Waals surface area contributed by atoms with Crippen LogP contribution in [0.5, 0.6) is 5.75 Å². The van der Waals surface area contributed by atoms with Gasteiger partial charge in [0, 0.05) is 24.0 Å². The monoisotopic (exact) mass is 285 g/mol. The molecular weight excluding hydrogens is 274 g/mol. The fourth-order valence-electron chi connectivity index (χ4n) is 1.02. The molecule has 0 aliphatic rings. The van der Waals surface area contributed by atoms with Gasteiger partial charge < -0.3 is 14.8 Å². The summed E-state index contributed by atoms with van der Waals surface area (Å²) in [5.41, 5.74) is 0.820. The molecule has 5 heteroatoms. The van der Waals surface area contributed by atoms with Crippen molar-refractivity contribution < 1.29 is 14.3 Å². The first-order valence-corrected chi connectivity index (χ1v) is 5.31. The van der Waals surface area contributed by atoms with Crippen molar-refractivity contribution in [3.63, 3.8) is 0 Å². The molecule has 1 aromatic rings. The molecule has 1 N–H and O–H groups in total. The van der Waals surface area contributed by atoms with Gasteiger partial charge in [-0.15, -0.1) is 0 Å². The Morgan fingerprint density at radius 1 is 1.44 bits per heavy atom. The minimum absolute atomic E-state index is 0.406. The van der Waals surface area contributed by atoms with E-state index in [1.807, 2.05) is 18.2 Å². The molecule has 16 heavy (non-hydrogen) atoms. The van der Waals surface area contributed by atoms with Gasteiger partial charge in [-0.25, -0.2) is 4.79 Å². The van der Waals surface area contributed by atoms with Crippen molar-refractivity contribution >= 4 is 27.6 Å². The molecule has 4 nitrogen and oxygen atoms in total. The molecule has 0 saturated heterocycles. The van der Waals surface area contributed by atoms with Crippen LogP contribution in [-0.2, 0) is 9.53 Å². The standard InChI is InChI=1S/C11H12BrNO3/c1-15-10-7-8(3-4-9(10)12)13-6-5-11(14)16-2/h3-7,13H,1-2H3/b6-5+. The second-order valence-electron chi connectivity index (χ2n) is 2.85. The van der Waals surface area contributed by atoms with Crippen LogP contribution in [0.4, 0.5) is 5.69 Å². The van der Waals surface area contributed by atoms with Gasteiger partial charge in [-0.3, -0.25) is 0 Å². The second kappa shape index (κ2) is 6.17. The van der Waals surface area contributed by atoms with Crippen LogP contribution in [0.2, 0.25) is 0 Å². The van der Waals surface area contributed by atoms with E-state index in [2.05, 4.69) is 26.0 Å². The van der Waals surface area contributed by atoms with Crippen LogP contribution < -0.4 is 10.1 Å². The van der Waals surface area contributed by atoms with E-state index in [4.69, 9.17) is 4.74 Å². The Kier molecular flexibility index (Phi) is 4.85. The van der Waals surface area contributed by atoms with Crippen molar-refractivity contribution in [1.82, 2.24) is 0 Å². The van der Waals surface area contributed by atoms with Crippen molar-refractivity contribution in [2.24, 2.45) is 0 Å². The lowest BCUT2D eigenvalue weighted by molar-refractivity contribution is -0.134. The summed E-state index contributed by atoms with van der Waals surface area (Å²) in [6.07, 6.45) is 2.81. The van der Waals surface area contributed by atoms with Crippen molar-refractivity contribution in [3.05, 3.63) is 34.9 Å². The molecule has 0 saturated carbocycles. The topological polar surface area (TPSA) is 47.6 Å². The third kappa shape index (κ3) is 3.58. The molecule has 0 radical (unpaired) electrons. The Balaban J connectivity index is 2.68. The van der Waals surface area contributed by atoms with E-state index < -0.39 is 5.97 Å². The zero-order valence-corrected chi connectivity index (χ0v) is 10.6. The number of halogens is 1. The van der Waals surface area contributed by atoms with Crippen molar-refractivity contribution in [3.8, 4) is 5.75 Å². The number of carbonyl (C=O) groups is 1. The van der Waals surface area contributed by atoms with Gasteiger partial charge in [-0.2, -0.15) is 0 Å². The number of nitrogens with one attached hydrogen (secondary N) is 1. The molecule has 0 fully saturated rings. The van der Waals surface area contributed by atoms with E-state index in [1.165, 1.54) is 19.4 Å². The molecule has 1 aromatic carbocycles. The quantitative estimate of drug-likeness (QED) is 0.682. The highest BCUT2D eigenvalue weighted by molar-refractivity contribution is 9.10. The van der Waals surface area contributed by atoms with Crippen LogP contribution in [0, 0.1) is 0 Å². The van der Waals surface area contributed by atoms with Gasteiger partial charge in [0.2, 0.25) is 0 Å². The van der Waals surface area contributed by atoms with Gasteiger partial charge >= 0.3 is 5.97 Å². The molecule has 86 valence electrons. The van der Waals surface area contributed by atoms with Gasteiger partial charge in [-0.05, 0) is 28.1 Å². The van der Waals surface area contributed by atoms with Crippen LogP contribution in [0.15, 0.2) is 34.9 Å². The summed E-state index contributed by atoms with van der Waals surface area (Å²) in [6, 6.07) is 5.52. The highest BCUT2D eigenvalue weighted by Gasteiger charge is 2.00. The lowest BCUT2D eigenvalue weighted by Gasteiger charge is -2.06. The number of methoxy groups -OCH3 is 2.